The maximum Gasteiger partial charge on any atom is 0.168 e. The summed E-state index contributed by atoms with van der Waals surface area (Å²) in [6, 6.07) is 31.9. The largest absolute Gasteiger partial charge is 0.278 e. The van der Waals surface area contributed by atoms with E-state index in [0.29, 0.717) is 0 Å². The van der Waals surface area contributed by atoms with E-state index >= 15 is 0 Å². The van der Waals surface area contributed by atoms with Crippen LogP contribution in [0.5, 0.6) is 0 Å². The average Bonchev–Trinajstić information content (AvgIpc) is 3.48. The van der Waals surface area contributed by atoms with E-state index in [-0.39, 0.29) is 21.7 Å². The summed E-state index contributed by atoms with van der Waals surface area (Å²) in [5, 5.41) is 9.88. The monoisotopic (exact) mass is 653 g/mol. The highest BCUT2D eigenvalue weighted by molar-refractivity contribution is 5.73. The molecule has 0 unspecified atom stereocenters. The first-order chi connectivity index (χ1) is 22.8. The van der Waals surface area contributed by atoms with E-state index in [1.54, 1.807) is 0 Å². The van der Waals surface area contributed by atoms with Gasteiger partial charge in [-0.2, -0.15) is 0 Å². The van der Waals surface area contributed by atoms with Crippen molar-refractivity contribution in [3.63, 3.8) is 0 Å². The Kier molecular flexibility index (Phi) is 9.92. The summed E-state index contributed by atoms with van der Waals surface area (Å²) in [6.07, 6.45) is 3.35. The molecule has 0 fully saturated rings. The van der Waals surface area contributed by atoms with E-state index in [0.717, 1.165) is 42.2 Å². The van der Waals surface area contributed by atoms with Crippen molar-refractivity contribution in [1.29, 1.82) is 0 Å². The zero-order valence-corrected chi connectivity index (χ0v) is 32.5. The van der Waals surface area contributed by atoms with E-state index in [9.17, 15) is 0 Å². The molecule has 0 radical (unpaired) electrons. The molecular formula is C46H59N3. The van der Waals surface area contributed by atoms with Gasteiger partial charge in [0.15, 0.2) is 5.82 Å². The highest BCUT2D eigenvalue weighted by atomic mass is 15.3. The summed E-state index contributed by atoms with van der Waals surface area (Å²) in [5.74, 6) is 1.89. The zero-order valence-electron chi connectivity index (χ0n) is 32.5. The molecule has 3 heteroatoms. The van der Waals surface area contributed by atoms with Crippen molar-refractivity contribution in [1.82, 2.24) is 14.8 Å². The number of hydrogen-bond acceptors (Lipinski definition) is 2. The number of aromatic nitrogens is 3. The van der Waals surface area contributed by atoms with E-state index in [2.05, 4.69) is 180 Å². The van der Waals surface area contributed by atoms with Crippen LogP contribution in [0, 0.1) is 6.92 Å². The van der Waals surface area contributed by atoms with Gasteiger partial charge in [0.2, 0.25) is 0 Å². The maximum absolute atomic E-state index is 4.95. The van der Waals surface area contributed by atoms with Crippen LogP contribution in [0.3, 0.4) is 0 Å². The highest BCUT2D eigenvalue weighted by Crippen LogP contribution is 2.38. The molecule has 258 valence electrons. The van der Waals surface area contributed by atoms with Crippen LogP contribution < -0.4 is 0 Å². The number of aryl methyl sites for hydroxylation is 1. The van der Waals surface area contributed by atoms with Gasteiger partial charge in [-0.05, 0) is 92.3 Å². The van der Waals surface area contributed by atoms with Crippen molar-refractivity contribution >= 4 is 0 Å². The molecule has 0 spiro atoms. The summed E-state index contributed by atoms with van der Waals surface area (Å²) in [5.41, 5.74) is 12.5. The van der Waals surface area contributed by atoms with Gasteiger partial charge >= 0.3 is 0 Å². The number of rotatable bonds is 8. The lowest BCUT2D eigenvalue weighted by Crippen LogP contribution is -2.23. The van der Waals surface area contributed by atoms with Crippen LogP contribution in [0.15, 0.2) is 84.9 Å². The third-order valence-electron chi connectivity index (χ3n) is 10.1. The second kappa shape index (κ2) is 13.4. The third-order valence-corrected chi connectivity index (χ3v) is 10.1. The topological polar surface area (TPSA) is 30.7 Å². The van der Waals surface area contributed by atoms with E-state index in [1.807, 2.05) is 0 Å². The molecular weight excluding hydrogens is 595 g/mol. The normalized spacial score (nSPS) is 12.8. The molecule has 0 amide bonds. The molecule has 0 saturated carbocycles. The Bertz CT molecular complexity index is 1880. The number of hydrogen-bond donors (Lipinski definition) is 0. The van der Waals surface area contributed by atoms with Crippen LogP contribution in [0.2, 0.25) is 0 Å². The third kappa shape index (κ3) is 7.93. The lowest BCUT2D eigenvalue weighted by Gasteiger charge is -2.27. The molecule has 0 atom stereocenters. The van der Waals surface area contributed by atoms with Crippen LogP contribution in [0.1, 0.15) is 130 Å². The minimum Gasteiger partial charge on any atom is -0.278 e. The molecule has 0 aliphatic heterocycles. The van der Waals surface area contributed by atoms with Gasteiger partial charge < -0.3 is 0 Å². The first-order valence-corrected chi connectivity index (χ1v) is 18.2. The molecule has 0 aliphatic carbocycles. The zero-order chi connectivity index (χ0) is 35.9. The summed E-state index contributed by atoms with van der Waals surface area (Å²) in [4.78, 5) is 0. The smallest absolute Gasteiger partial charge is 0.168 e. The fourth-order valence-corrected chi connectivity index (χ4v) is 6.61. The molecule has 3 nitrogen and oxygen atoms in total. The van der Waals surface area contributed by atoms with Gasteiger partial charge in [-0.25, -0.2) is 0 Å². The highest BCUT2D eigenvalue weighted by Gasteiger charge is 2.30. The molecule has 0 bridgehead atoms. The fourth-order valence-electron chi connectivity index (χ4n) is 6.61. The van der Waals surface area contributed by atoms with Crippen LogP contribution in [0.25, 0.3) is 39.3 Å². The maximum atomic E-state index is 4.95. The summed E-state index contributed by atoms with van der Waals surface area (Å²) < 4.78 is 2.34. The van der Waals surface area contributed by atoms with Crippen LogP contribution in [0.4, 0.5) is 0 Å². The Hall–Kier alpha value is -3.98. The van der Waals surface area contributed by atoms with Crippen molar-refractivity contribution < 1.29 is 0 Å². The Balaban J connectivity index is 1.65. The molecule has 0 saturated heterocycles. The van der Waals surface area contributed by atoms with Gasteiger partial charge in [-0.3, -0.25) is 4.57 Å². The summed E-state index contributed by atoms with van der Waals surface area (Å²) in [7, 11) is 0. The van der Waals surface area contributed by atoms with Crippen molar-refractivity contribution in [2.24, 2.45) is 0 Å². The first-order valence-electron chi connectivity index (χ1n) is 18.2. The number of unbranched alkanes of at least 4 members (excludes halogenated alkanes) is 1. The Labute approximate surface area is 297 Å². The van der Waals surface area contributed by atoms with Crippen LogP contribution in [-0.2, 0) is 21.7 Å². The van der Waals surface area contributed by atoms with Crippen molar-refractivity contribution in [3.05, 3.63) is 113 Å². The quantitative estimate of drug-likeness (QED) is 0.167. The Morgan fingerprint density at radius 1 is 0.531 bits per heavy atom. The van der Waals surface area contributed by atoms with Crippen molar-refractivity contribution in [2.45, 2.75) is 131 Å². The van der Waals surface area contributed by atoms with Gasteiger partial charge in [0.1, 0.15) is 5.82 Å². The lowest BCUT2D eigenvalue weighted by molar-refractivity contribution is 0.425. The molecule has 5 rings (SSSR count). The van der Waals surface area contributed by atoms with Crippen molar-refractivity contribution in [3.8, 4) is 39.3 Å². The summed E-state index contributed by atoms with van der Waals surface area (Å²) in [6.45, 7) is 29.7. The second-order valence-corrected chi connectivity index (χ2v) is 17.9. The molecule has 0 aliphatic rings. The molecule has 5 aromatic rings. The SMILES string of the molecule is CCCCC(C)(C)c1nnc(-c2cccc(-c3ccc(C(C)(C)C)cc3)c2)n1-c1ccc(-c2cc(C(C)(C)C)cc(C(C)(C)C)c2)cc1C. The molecule has 0 N–H and O–H groups in total. The second-order valence-electron chi connectivity index (χ2n) is 17.9. The van der Waals surface area contributed by atoms with Gasteiger partial charge in [0.05, 0.1) is 5.69 Å². The molecule has 1 heterocycles. The van der Waals surface area contributed by atoms with Crippen LogP contribution in [-0.4, -0.2) is 14.8 Å². The van der Waals surface area contributed by atoms with Crippen LogP contribution >= 0.6 is 0 Å². The van der Waals surface area contributed by atoms with Gasteiger partial charge in [-0.15, -0.1) is 10.2 Å². The van der Waals surface area contributed by atoms with Gasteiger partial charge in [0.25, 0.3) is 0 Å². The Morgan fingerprint density at radius 2 is 1.08 bits per heavy atom. The van der Waals surface area contributed by atoms with E-state index in [4.69, 9.17) is 10.2 Å². The van der Waals surface area contributed by atoms with Crippen molar-refractivity contribution in [2.75, 3.05) is 0 Å². The summed E-state index contributed by atoms with van der Waals surface area (Å²) >= 11 is 0. The van der Waals surface area contributed by atoms with Gasteiger partial charge in [0, 0.05) is 11.0 Å². The fraction of sp³-hybridized carbons (Fsp3) is 0.435. The average molecular weight is 654 g/mol. The minimum atomic E-state index is -0.143. The van der Waals surface area contributed by atoms with E-state index in [1.165, 1.54) is 44.5 Å². The predicted octanol–water partition coefficient (Wildman–Crippen LogP) is 12.9. The number of nitrogens with zero attached hydrogens (tertiary/aromatic N) is 3. The molecule has 1 aromatic heterocycles. The van der Waals surface area contributed by atoms with Gasteiger partial charge in [-0.1, -0.05) is 163 Å². The predicted molar refractivity (Wildman–Crippen MR) is 211 cm³/mol. The minimum absolute atomic E-state index is 0.0600. The first kappa shape index (κ1) is 36.3. The Morgan fingerprint density at radius 3 is 1.63 bits per heavy atom. The standard InChI is InChI=1S/C46H59N3/c1-14-15-25-46(12,13)42-48-47-41(35-18-16-17-33(27-35)32-19-22-37(23-20-32)43(3,4)5)49(42)40-24-21-34(26-31(40)2)36-28-38(44(6,7)8)30-39(29-36)45(9,10)11/h16-24,26-30H,14-15,25H2,1-13H3. The lowest BCUT2D eigenvalue weighted by atomic mass is 9.79. The molecule has 49 heavy (non-hydrogen) atoms. The molecule has 4 aromatic carbocycles. The number of benzene rings is 4. The van der Waals surface area contributed by atoms with E-state index < -0.39 is 0 Å².